The molecule has 0 spiro atoms. The van der Waals surface area contributed by atoms with Gasteiger partial charge in [0.05, 0.1) is 12.7 Å². The molecule has 0 aliphatic heterocycles. The lowest BCUT2D eigenvalue weighted by atomic mass is 9.96. The van der Waals surface area contributed by atoms with E-state index in [1.54, 1.807) is 6.92 Å². The van der Waals surface area contributed by atoms with Crippen LogP contribution in [0.2, 0.25) is 0 Å². The Morgan fingerprint density at radius 3 is 2.38 bits per heavy atom. The molecule has 0 bridgehead atoms. The average Bonchev–Trinajstić information content (AvgIpc) is 2.59. The standard InChI is InChI=1S/C19H28F3NO3/c1-5-7-8-11-18(3,26-12-6-2)17(24)23-14-9-10-16(25-4)15(13-14)19(20,21)22/h9-10,13H,5-8,11-12H2,1-4H3,(H,23,24)/t18-/m1/s1. The molecule has 0 aliphatic rings. The summed E-state index contributed by atoms with van der Waals surface area (Å²) in [5.41, 5.74) is -1.95. The monoisotopic (exact) mass is 375 g/mol. The minimum Gasteiger partial charge on any atom is -0.496 e. The van der Waals surface area contributed by atoms with Crippen LogP contribution in [0.4, 0.5) is 18.9 Å². The zero-order valence-corrected chi connectivity index (χ0v) is 15.8. The number of unbranched alkanes of at least 4 members (excludes halogenated alkanes) is 2. The summed E-state index contributed by atoms with van der Waals surface area (Å²) in [6, 6.07) is 3.46. The summed E-state index contributed by atoms with van der Waals surface area (Å²) in [6.07, 6.45) is -0.555. The van der Waals surface area contributed by atoms with Crippen LogP contribution in [-0.2, 0) is 15.7 Å². The van der Waals surface area contributed by atoms with E-state index in [9.17, 15) is 18.0 Å². The van der Waals surface area contributed by atoms with E-state index >= 15 is 0 Å². The van der Waals surface area contributed by atoms with Crippen LogP contribution in [0.3, 0.4) is 0 Å². The van der Waals surface area contributed by atoms with Gasteiger partial charge in [-0.25, -0.2) is 0 Å². The van der Waals surface area contributed by atoms with Crippen molar-refractivity contribution in [2.24, 2.45) is 0 Å². The topological polar surface area (TPSA) is 47.6 Å². The normalized spacial score (nSPS) is 14.0. The first-order valence-corrected chi connectivity index (χ1v) is 8.88. The quantitative estimate of drug-likeness (QED) is 0.556. The van der Waals surface area contributed by atoms with E-state index in [-0.39, 0.29) is 11.4 Å². The van der Waals surface area contributed by atoms with E-state index in [4.69, 9.17) is 9.47 Å². The Balaban J connectivity index is 3.00. The van der Waals surface area contributed by atoms with Crippen LogP contribution >= 0.6 is 0 Å². The van der Waals surface area contributed by atoms with Gasteiger partial charge >= 0.3 is 6.18 Å². The number of methoxy groups -OCH3 is 1. The molecule has 1 atom stereocenters. The third-order valence-corrected chi connectivity index (χ3v) is 4.13. The predicted octanol–water partition coefficient (Wildman–Crippen LogP) is 5.42. The molecule has 1 amide bonds. The molecule has 0 fully saturated rings. The highest BCUT2D eigenvalue weighted by Gasteiger charge is 2.36. The number of anilines is 1. The van der Waals surface area contributed by atoms with Crippen LogP contribution < -0.4 is 10.1 Å². The van der Waals surface area contributed by atoms with Crippen LogP contribution in [0.15, 0.2) is 18.2 Å². The van der Waals surface area contributed by atoms with Gasteiger partial charge < -0.3 is 14.8 Å². The lowest BCUT2D eigenvalue weighted by Crippen LogP contribution is -2.43. The fourth-order valence-corrected chi connectivity index (χ4v) is 2.56. The summed E-state index contributed by atoms with van der Waals surface area (Å²) in [7, 11) is 1.17. The summed E-state index contributed by atoms with van der Waals surface area (Å²) in [5, 5.41) is 2.56. The molecule has 0 heterocycles. The first-order chi connectivity index (χ1) is 12.2. The molecule has 0 saturated carbocycles. The molecule has 1 N–H and O–H groups in total. The lowest BCUT2D eigenvalue weighted by molar-refractivity contribution is -0.141. The summed E-state index contributed by atoms with van der Waals surface area (Å²) in [6.45, 7) is 6.08. The van der Waals surface area contributed by atoms with Crippen molar-refractivity contribution in [2.75, 3.05) is 19.0 Å². The number of rotatable bonds is 10. The lowest BCUT2D eigenvalue weighted by Gasteiger charge is -2.29. The largest absolute Gasteiger partial charge is 0.496 e. The van der Waals surface area contributed by atoms with Gasteiger partial charge in [-0.1, -0.05) is 33.1 Å². The van der Waals surface area contributed by atoms with Crippen molar-refractivity contribution in [3.63, 3.8) is 0 Å². The number of hydrogen-bond donors (Lipinski definition) is 1. The number of amides is 1. The number of ether oxygens (including phenoxy) is 2. The molecule has 7 heteroatoms. The predicted molar refractivity (Wildman–Crippen MR) is 95.4 cm³/mol. The molecule has 0 saturated heterocycles. The molecule has 0 aliphatic carbocycles. The molecular weight excluding hydrogens is 347 g/mol. The van der Waals surface area contributed by atoms with Crippen molar-refractivity contribution < 1.29 is 27.4 Å². The van der Waals surface area contributed by atoms with Gasteiger partial charge in [-0.05, 0) is 38.0 Å². The maximum Gasteiger partial charge on any atom is 0.420 e. The highest BCUT2D eigenvalue weighted by Crippen LogP contribution is 2.38. The molecule has 1 rings (SSSR count). The smallest absolute Gasteiger partial charge is 0.420 e. The number of nitrogens with one attached hydrogen (secondary N) is 1. The first kappa shape index (κ1) is 22.3. The molecule has 1 aromatic carbocycles. The Morgan fingerprint density at radius 2 is 1.85 bits per heavy atom. The van der Waals surface area contributed by atoms with E-state index in [1.807, 2.05) is 6.92 Å². The highest BCUT2D eigenvalue weighted by molar-refractivity contribution is 5.97. The van der Waals surface area contributed by atoms with Crippen LogP contribution in [0.5, 0.6) is 5.75 Å². The van der Waals surface area contributed by atoms with Gasteiger partial charge in [0.1, 0.15) is 11.4 Å². The summed E-state index contributed by atoms with van der Waals surface area (Å²) in [5.74, 6) is -0.733. The van der Waals surface area contributed by atoms with E-state index in [0.29, 0.717) is 13.0 Å². The Labute approximate surface area is 153 Å². The van der Waals surface area contributed by atoms with Gasteiger partial charge in [0.15, 0.2) is 0 Å². The summed E-state index contributed by atoms with van der Waals surface area (Å²) >= 11 is 0. The van der Waals surface area contributed by atoms with Gasteiger partial charge in [0, 0.05) is 12.3 Å². The third-order valence-electron chi connectivity index (χ3n) is 4.13. The van der Waals surface area contributed by atoms with Gasteiger partial charge in [-0.15, -0.1) is 0 Å². The minimum atomic E-state index is -4.57. The second kappa shape index (κ2) is 9.80. The number of halogens is 3. The molecule has 0 aromatic heterocycles. The van der Waals surface area contributed by atoms with E-state index in [1.165, 1.54) is 19.2 Å². The number of carbonyl (C=O) groups excluding carboxylic acids is 1. The van der Waals surface area contributed by atoms with E-state index in [0.717, 1.165) is 31.7 Å². The molecule has 4 nitrogen and oxygen atoms in total. The Hall–Kier alpha value is -1.76. The fraction of sp³-hybridized carbons (Fsp3) is 0.632. The Morgan fingerprint density at radius 1 is 1.15 bits per heavy atom. The SMILES string of the molecule is CCCCC[C@@](C)(OCCC)C(=O)Nc1ccc(OC)c(C(F)(F)F)c1. The van der Waals surface area contributed by atoms with Crippen molar-refractivity contribution in [2.45, 2.75) is 64.7 Å². The molecule has 0 unspecified atom stereocenters. The molecule has 0 radical (unpaired) electrons. The first-order valence-electron chi connectivity index (χ1n) is 8.88. The van der Waals surface area contributed by atoms with Crippen molar-refractivity contribution >= 4 is 11.6 Å². The summed E-state index contributed by atoms with van der Waals surface area (Å²) in [4.78, 5) is 12.7. The summed E-state index contributed by atoms with van der Waals surface area (Å²) < 4.78 is 49.9. The van der Waals surface area contributed by atoms with Gasteiger partial charge in [0.2, 0.25) is 0 Å². The molecule has 148 valence electrons. The van der Waals surface area contributed by atoms with Crippen molar-refractivity contribution in [3.8, 4) is 5.75 Å². The zero-order chi connectivity index (χ0) is 19.8. The van der Waals surface area contributed by atoms with Crippen LogP contribution in [0, 0.1) is 0 Å². The van der Waals surface area contributed by atoms with Crippen LogP contribution in [-0.4, -0.2) is 25.2 Å². The zero-order valence-electron chi connectivity index (χ0n) is 15.8. The van der Waals surface area contributed by atoms with E-state index < -0.39 is 23.2 Å². The van der Waals surface area contributed by atoms with Gasteiger partial charge in [-0.2, -0.15) is 13.2 Å². The van der Waals surface area contributed by atoms with Crippen molar-refractivity contribution in [1.29, 1.82) is 0 Å². The molecular formula is C19H28F3NO3. The second-order valence-corrected chi connectivity index (χ2v) is 6.40. The number of carbonyl (C=O) groups is 1. The maximum absolute atomic E-state index is 13.1. The second-order valence-electron chi connectivity index (χ2n) is 6.40. The number of benzene rings is 1. The maximum atomic E-state index is 13.1. The minimum absolute atomic E-state index is 0.0601. The van der Waals surface area contributed by atoms with Crippen LogP contribution in [0.1, 0.15) is 58.4 Å². The van der Waals surface area contributed by atoms with E-state index in [2.05, 4.69) is 12.2 Å². The Bertz CT molecular complexity index is 590. The van der Waals surface area contributed by atoms with Crippen LogP contribution in [0.25, 0.3) is 0 Å². The number of hydrogen-bond acceptors (Lipinski definition) is 3. The average molecular weight is 375 g/mol. The highest BCUT2D eigenvalue weighted by atomic mass is 19.4. The van der Waals surface area contributed by atoms with Crippen molar-refractivity contribution in [3.05, 3.63) is 23.8 Å². The van der Waals surface area contributed by atoms with Gasteiger partial charge in [-0.3, -0.25) is 4.79 Å². The molecule has 26 heavy (non-hydrogen) atoms. The Kier molecular flexibility index (Phi) is 8.40. The third kappa shape index (κ3) is 6.20. The molecule has 1 aromatic rings. The number of alkyl halides is 3. The van der Waals surface area contributed by atoms with Crippen molar-refractivity contribution in [1.82, 2.24) is 0 Å². The van der Waals surface area contributed by atoms with Gasteiger partial charge in [0.25, 0.3) is 5.91 Å². The fourth-order valence-electron chi connectivity index (χ4n) is 2.56.